The number of hydrazine groups is 1. The normalized spacial score (nSPS) is 23.1. The van der Waals surface area contributed by atoms with Crippen molar-refractivity contribution in [1.82, 2.24) is 9.97 Å². The van der Waals surface area contributed by atoms with Crippen molar-refractivity contribution in [2.24, 2.45) is 11.8 Å². The van der Waals surface area contributed by atoms with Crippen molar-refractivity contribution in [3.63, 3.8) is 0 Å². The number of aromatic nitrogens is 2. The predicted molar refractivity (Wildman–Crippen MR) is 80.3 cm³/mol. The zero-order chi connectivity index (χ0) is 13.4. The van der Waals surface area contributed by atoms with Gasteiger partial charge in [0.25, 0.3) is 0 Å². The molecule has 4 nitrogen and oxygen atoms in total. The van der Waals surface area contributed by atoms with Gasteiger partial charge in [-0.05, 0) is 38.2 Å². The number of nitrogens with two attached hydrogens (primary N) is 1. The fourth-order valence-corrected chi connectivity index (χ4v) is 3.92. The van der Waals surface area contributed by atoms with Crippen LogP contribution >= 0.6 is 11.3 Å². The Bertz CT molecular complexity index is 592. The van der Waals surface area contributed by atoms with E-state index in [-0.39, 0.29) is 0 Å². The standard InChI is InChI=1S/C14H20N4S/c1-3-9-4-5-10(7-9)12-16-13(18-15)11-6-8(2)19-14(11)17-12/h6,9-10H,3-5,7,15H2,1-2H3,(H,16,17,18). The maximum absolute atomic E-state index is 5.61. The second kappa shape index (κ2) is 5.06. The SMILES string of the molecule is CCC1CCC(c2nc(NN)c3cc(C)sc3n2)C1. The van der Waals surface area contributed by atoms with Crippen LogP contribution in [0.2, 0.25) is 0 Å². The van der Waals surface area contributed by atoms with Gasteiger partial charge in [0.05, 0.1) is 5.39 Å². The molecule has 0 aliphatic heterocycles. The first kappa shape index (κ1) is 12.8. The van der Waals surface area contributed by atoms with Crippen molar-refractivity contribution in [3.05, 3.63) is 16.8 Å². The van der Waals surface area contributed by atoms with E-state index in [1.807, 2.05) is 0 Å². The van der Waals surface area contributed by atoms with Crippen LogP contribution in [0, 0.1) is 12.8 Å². The fourth-order valence-electron chi connectivity index (χ4n) is 3.03. The zero-order valence-corrected chi connectivity index (χ0v) is 12.3. The highest BCUT2D eigenvalue weighted by Gasteiger charge is 2.27. The molecule has 2 unspecified atom stereocenters. The molecule has 1 fully saturated rings. The predicted octanol–water partition coefficient (Wildman–Crippen LogP) is 3.58. The average molecular weight is 276 g/mol. The van der Waals surface area contributed by atoms with E-state index in [0.29, 0.717) is 5.92 Å². The Hall–Kier alpha value is -1.20. The second-order valence-corrected chi connectivity index (χ2v) is 6.67. The summed E-state index contributed by atoms with van der Waals surface area (Å²) < 4.78 is 0. The molecule has 102 valence electrons. The quantitative estimate of drug-likeness (QED) is 0.664. The van der Waals surface area contributed by atoms with E-state index in [1.165, 1.54) is 30.6 Å². The summed E-state index contributed by atoms with van der Waals surface area (Å²) in [6.45, 7) is 4.36. The van der Waals surface area contributed by atoms with Crippen LogP contribution in [0.1, 0.15) is 49.2 Å². The summed E-state index contributed by atoms with van der Waals surface area (Å²) in [6, 6.07) is 2.10. The van der Waals surface area contributed by atoms with Gasteiger partial charge in [-0.25, -0.2) is 15.8 Å². The van der Waals surface area contributed by atoms with E-state index in [9.17, 15) is 0 Å². The van der Waals surface area contributed by atoms with Crippen LogP contribution in [-0.2, 0) is 0 Å². The van der Waals surface area contributed by atoms with Gasteiger partial charge in [-0.2, -0.15) is 0 Å². The average Bonchev–Trinajstić information content (AvgIpc) is 3.02. The van der Waals surface area contributed by atoms with Crippen molar-refractivity contribution in [1.29, 1.82) is 0 Å². The van der Waals surface area contributed by atoms with Crippen molar-refractivity contribution in [3.8, 4) is 0 Å². The van der Waals surface area contributed by atoms with E-state index < -0.39 is 0 Å². The molecule has 0 spiro atoms. The van der Waals surface area contributed by atoms with E-state index >= 15 is 0 Å². The number of thiophene rings is 1. The molecular weight excluding hydrogens is 256 g/mol. The molecule has 19 heavy (non-hydrogen) atoms. The first-order valence-electron chi connectivity index (χ1n) is 6.96. The Balaban J connectivity index is 2.00. The molecule has 1 aliphatic carbocycles. The highest BCUT2D eigenvalue weighted by molar-refractivity contribution is 7.18. The monoisotopic (exact) mass is 276 g/mol. The number of rotatable bonds is 3. The molecule has 0 amide bonds. The number of fused-ring (bicyclic) bond motifs is 1. The molecule has 2 heterocycles. The van der Waals surface area contributed by atoms with Gasteiger partial charge in [-0.15, -0.1) is 11.3 Å². The third-order valence-corrected chi connectivity index (χ3v) is 5.10. The Kier molecular flexibility index (Phi) is 3.41. The molecule has 3 N–H and O–H groups in total. The number of hydrogen-bond donors (Lipinski definition) is 2. The minimum absolute atomic E-state index is 0.504. The summed E-state index contributed by atoms with van der Waals surface area (Å²) in [4.78, 5) is 11.7. The van der Waals surface area contributed by atoms with Crippen LogP contribution < -0.4 is 11.3 Å². The Morgan fingerprint density at radius 1 is 1.42 bits per heavy atom. The molecule has 1 aliphatic rings. The molecule has 2 aromatic heterocycles. The molecule has 0 radical (unpaired) electrons. The van der Waals surface area contributed by atoms with Crippen molar-refractivity contribution in [2.45, 2.75) is 45.4 Å². The summed E-state index contributed by atoms with van der Waals surface area (Å²) in [7, 11) is 0. The fraction of sp³-hybridized carbons (Fsp3) is 0.571. The number of nitrogen functional groups attached to an aromatic ring is 1. The highest BCUT2D eigenvalue weighted by atomic mass is 32.1. The molecule has 0 bridgehead atoms. The Morgan fingerprint density at radius 3 is 2.95 bits per heavy atom. The molecule has 0 saturated heterocycles. The maximum Gasteiger partial charge on any atom is 0.152 e. The van der Waals surface area contributed by atoms with E-state index in [4.69, 9.17) is 10.8 Å². The smallest absolute Gasteiger partial charge is 0.152 e. The highest BCUT2D eigenvalue weighted by Crippen LogP contribution is 2.40. The number of nitrogens with zero attached hydrogens (tertiary/aromatic N) is 2. The lowest BCUT2D eigenvalue weighted by Gasteiger charge is -2.11. The van der Waals surface area contributed by atoms with Crippen LogP contribution in [0.25, 0.3) is 10.2 Å². The van der Waals surface area contributed by atoms with E-state index in [0.717, 1.165) is 27.8 Å². The summed E-state index contributed by atoms with van der Waals surface area (Å²) in [6.07, 6.45) is 4.99. The van der Waals surface area contributed by atoms with Crippen LogP contribution in [0.5, 0.6) is 0 Å². The van der Waals surface area contributed by atoms with Gasteiger partial charge in [-0.3, -0.25) is 0 Å². The topological polar surface area (TPSA) is 63.8 Å². The number of nitrogens with one attached hydrogen (secondary N) is 1. The minimum Gasteiger partial charge on any atom is -0.308 e. The van der Waals surface area contributed by atoms with Gasteiger partial charge in [0, 0.05) is 10.8 Å². The van der Waals surface area contributed by atoms with Gasteiger partial charge >= 0.3 is 0 Å². The van der Waals surface area contributed by atoms with Crippen LogP contribution in [0.15, 0.2) is 6.07 Å². The lowest BCUT2D eigenvalue weighted by atomic mass is 10.0. The first-order valence-corrected chi connectivity index (χ1v) is 7.77. The van der Waals surface area contributed by atoms with Gasteiger partial charge in [0.2, 0.25) is 0 Å². The number of anilines is 1. The molecule has 2 aromatic rings. The zero-order valence-electron chi connectivity index (χ0n) is 11.4. The van der Waals surface area contributed by atoms with Crippen molar-refractivity contribution >= 4 is 27.4 Å². The molecule has 1 saturated carbocycles. The number of aryl methyl sites for hydroxylation is 1. The minimum atomic E-state index is 0.504. The van der Waals surface area contributed by atoms with Crippen LogP contribution in [0.3, 0.4) is 0 Å². The van der Waals surface area contributed by atoms with Crippen molar-refractivity contribution < 1.29 is 0 Å². The largest absolute Gasteiger partial charge is 0.308 e. The van der Waals surface area contributed by atoms with Gasteiger partial charge < -0.3 is 5.43 Å². The third-order valence-electron chi connectivity index (χ3n) is 4.15. The second-order valence-electron chi connectivity index (χ2n) is 5.43. The summed E-state index contributed by atoms with van der Waals surface area (Å²) in [5.41, 5.74) is 2.73. The third kappa shape index (κ3) is 2.32. The lowest BCUT2D eigenvalue weighted by Crippen LogP contribution is -2.11. The molecule has 0 aromatic carbocycles. The van der Waals surface area contributed by atoms with Gasteiger partial charge in [-0.1, -0.05) is 13.3 Å². The summed E-state index contributed by atoms with van der Waals surface area (Å²) >= 11 is 1.71. The summed E-state index contributed by atoms with van der Waals surface area (Å²) in [5, 5.41) is 1.04. The molecule has 5 heteroatoms. The molecular formula is C14H20N4S. The summed E-state index contributed by atoms with van der Waals surface area (Å²) in [5.74, 6) is 8.69. The Morgan fingerprint density at radius 2 is 2.26 bits per heavy atom. The van der Waals surface area contributed by atoms with E-state index in [2.05, 4.69) is 30.3 Å². The molecule has 3 rings (SSSR count). The Labute approximate surface area is 117 Å². The van der Waals surface area contributed by atoms with Crippen molar-refractivity contribution in [2.75, 3.05) is 5.43 Å². The molecule has 2 atom stereocenters. The van der Waals surface area contributed by atoms with Gasteiger partial charge in [0.1, 0.15) is 10.7 Å². The van der Waals surface area contributed by atoms with E-state index in [1.54, 1.807) is 11.3 Å². The lowest BCUT2D eigenvalue weighted by molar-refractivity contribution is 0.517. The maximum atomic E-state index is 5.61. The first-order chi connectivity index (χ1) is 9.21. The van der Waals surface area contributed by atoms with Crippen LogP contribution in [0.4, 0.5) is 5.82 Å². The number of hydrogen-bond acceptors (Lipinski definition) is 5. The van der Waals surface area contributed by atoms with Gasteiger partial charge in [0.15, 0.2) is 5.82 Å². The van der Waals surface area contributed by atoms with Crippen LogP contribution in [-0.4, -0.2) is 9.97 Å².